The Kier molecular flexibility index (Phi) is 2.89. The van der Waals surface area contributed by atoms with Crippen molar-refractivity contribution < 1.29 is 5.11 Å². The minimum absolute atomic E-state index is 0.361. The Bertz CT molecular complexity index is 305. The van der Waals surface area contributed by atoms with E-state index in [0.717, 1.165) is 36.0 Å². The summed E-state index contributed by atoms with van der Waals surface area (Å²) in [6.07, 6.45) is 16.1. The third-order valence-electron chi connectivity index (χ3n) is 4.85. The Labute approximate surface area is 98.2 Å². The van der Waals surface area contributed by atoms with Crippen LogP contribution >= 0.6 is 0 Å². The van der Waals surface area contributed by atoms with Gasteiger partial charge in [0, 0.05) is 6.61 Å². The molecule has 0 heterocycles. The normalized spacial score (nSPS) is 43.2. The summed E-state index contributed by atoms with van der Waals surface area (Å²) in [6.45, 7) is 0.361. The van der Waals surface area contributed by atoms with Gasteiger partial charge in [-0.25, -0.2) is 0 Å². The molecule has 0 amide bonds. The predicted octanol–water partition coefficient (Wildman–Crippen LogP) is 3.16. The number of hydrogen-bond acceptors (Lipinski definition) is 1. The van der Waals surface area contributed by atoms with Crippen molar-refractivity contribution >= 4 is 0 Å². The summed E-state index contributed by atoms with van der Waals surface area (Å²) < 4.78 is 0. The van der Waals surface area contributed by atoms with Crippen molar-refractivity contribution in [3.05, 3.63) is 24.3 Å². The number of fused-ring (bicyclic) bond motifs is 5. The number of rotatable bonds is 5. The van der Waals surface area contributed by atoms with Gasteiger partial charge >= 0.3 is 0 Å². The predicted molar refractivity (Wildman–Crippen MR) is 65.9 cm³/mol. The third-order valence-corrected chi connectivity index (χ3v) is 4.85. The monoisotopic (exact) mass is 218 g/mol. The zero-order chi connectivity index (χ0) is 11.0. The number of aliphatic hydroxyl groups excluding tert-OH is 1. The minimum atomic E-state index is 0.361. The Morgan fingerprint density at radius 3 is 2.69 bits per heavy atom. The lowest BCUT2D eigenvalue weighted by molar-refractivity contribution is 0.269. The molecule has 5 atom stereocenters. The lowest BCUT2D eigenvalue weighted by Crippen LogP contribution is -2.20. The van der Waals surface area contributed by atoms with Crippen LogP contribution < -0.4 is 0 Å². The van der Waals surface area contributed by atoms with E-state index >= 15 is 0 Å². The van der Waals surface area contributed by atoms with Gasteiger partial charge in [-0.3, -0.25) is 0 Å². The molecule has 16 heavy (non-hydrogen) atoms. The molecule has 1 fully saturated rings. The zero-order valence-electron chi connectivity index (χ0n) is 9.89. The van der Waals surface area contributed by atoms with Crippen LogP contribution in [0.25, 0.3) is 0 Å². The first kappa shape index (κ1) is 10.6. The van der Waals surface area contributed by atoms with Crippen LogP contribution in [-0.2, 0) is 0 Å². The van der Waals surface area contributed by atoms with E-state index in [1.165, 1.54) is 25.7 Å². The molecule has 0 aliphatic heterocycles. The molecule has 0 radical (unpaired) electrons. The van der Waals surface area contributed by atoms with E-state index < -0.39 is 0 Å². The maximum Gasteiger partial charge on any atom is 0.0431 e. The highest BCUT2D eigenvalue weighted by molar-refractivity contribution is 5.23. The highest BCUT2D eigenvalue weighted by atomic mass is 16.2. The van der Waals surface area contributed by atoms with E-state index in [-0.39, 0.29) is 0 Å². The Morgan fingerprint density at radius 1 is 0.938 bits per heavy atom. The summed E-state index contributed by atoms with van der Waals surface area (Å²) in [4.78, 5) is 0. The quantitative estimate of drug-likeness (QED) is 0.555. The lowest BCUT2D eigenvalue weighted by atomic mass is 9.78. The average Bonchev–Trinajstić information content (AvgIpc) is 2.97. The average molecular weight is 218 g/mol. The molecule has 0 aromatic carbocycles. The van der Waals surface area contributed by atoms with Gasteiger partial charge in [-0.1, -0.05) is 37.1 Å². The largest absolute Gasteiger partial charge is 0.396 e. The molecule has 3 aliphatic rings. The van der Waals surface area contributed by atoms with Gasteiger partial charge < -0.3 is 5.11 Å². The third kappa shape index (κ3) is 1.66. The van der Waals surface area contributed by atoms with Gasteiger partial charge in [0.2, 0.25) is 0 Å². The Morgan fingerprint density at radius 2 is 1.81 bits per heavy atom. The number of hydrogen-bond donors (Lipinski definition) is 1. The van der Waals surface area contributed by atoms with Gasteiger partial charge in [0.1, 0.15) is 0 Å². The molecular formula is C15H22O. The smallest absolute Gasteiger partial charge is 0.0431 e. The van der Waals surface area contributed by atoms with Crippen molar-refractivity contribution in [3.8, 4) is 0 Å². The molecule has 0 saturated heterocycles. The standard InChI is InChI=1S/C15H22O/c16-9-3-1-2-4-11-7-8-14-12-5-6-13(10-12)15(11)14/h5-8,11-16H,1-4,9-10H2. The Hall–Kier alpha value is -0.560. The summed E-state index contributed by atoms with van der Waals surface area (Å²) in [6, 6.07) is 0. The van der Waals surface area contributed by atoms with Crippen molar-refractivity contribution in [2.45, 2.75) is 32.1 Å². The highest BCUT2D eigenvalue weighted by Gasteiger charge is 2.48. The van der Waals surface area contributed by atoms with Crippen molar-refractivity contribution in [2.75, 3.05) is 6.61 Å². The van der Waals surface area contributed by atoms with Gasteiger partial charge in [0.25, 0.3) is 0 Å². The molecule has 1 heteroatoms. The first-order valence-electron chi connectivity index (χ1n) is 6.87. The van der Waals surface area contributed by atoms with Crippen LogP contribution in [0.15, 0.2) is 24.3 Å². The second-order valence-corrected chi connectivity index (χ2v) is 5.72. The van der Waals surface area contributed by atoms with E-state index in [0.29, 0.717) is 6.61 Å². The van der Waals surface area contributed by atoms with Gasteiger partial charge in [0.05, 0.1) is 0 Å². The molecular weight excluding hydrogens is 196 g/mol. The maximum atomic E-state index is 8.77. The maximum absolute atomic E-state index is 8.77. The van der Waals surface area contributed by atoms with Crippen LogP contribution in [0.4, 0.5) is 0 Å². The van der Waals surface area contributed by atoms with Crippen LogP contribution in [0.5, 0.6) is 0 Å². The van der Waals surface area contributed by atoms with E-state index in [9.17, 15) is 0 Å². The van der Waals surface area contributed by atoms with Crippen LogP contribution in [0.2, 0.25) is 0 Å². The van der Waals surface area contributed by atoms with Gasteiger partial charge in [-0.05, 0) is 48.9 Å². The van der Waals surface area contributed by atoms with E-state index in [4.69, 9.17) is 5.11 Å². The van der Waals surface area contributed by atoms with Crippen LogP contribution in [-0.4, -0.2) is 11.7 Å². The Balaban J connectivity index is 1.54. The van der Waals surface area contributed by atoms with Gasteiger partial charge in [-0.2, -0.15) is 0 Å². The van der Waals surface area contributed by atoms with Crippen LogP contribution in [0.3, 0.4) is 0 Å². The molecule has 2 bridgehead atoms. The molecule has 1 N–H and O–H groups in total. The second kappa shape index (κ2) is 4.37. The van der Waals surface area contributed by atoms with Crippen molar-refractivity contribution in [1.82, 2.24) is 0 Å². The minimum Gasteiger partial charge on any atom is -0.396 e. The number of allylic oxidation sites excluding steroid dienone is 4. The summed E-state index contributed by atoms with van der Waals surface area (Å²) in [7, 11) is 0. The molecule has 5 unspecified atom stereocenters. The summed E-state index contributed by atoms with van der Waals surface area (Å²) in [5.41, 5.74) is 0. The molecule has 0 aromatic heterocycles. The van der Waals surface area contributed by atoms with Crippen molar-refractivity contribution in [1.29, 1.82) is 0 Å². The first-order valence-corrected chi connectivity index (χ1v) is 6.87. The van der Waals surface area contributed by atoms with Crippen LogP contribution in [0.1, 0.15) is 32.1 Å². The van der Waals surface area contributed by atoms with Gasteiger partial charge in [0.15, 0.2) is 0 Å². The molecule has 0 aromatic rings. The summed E-state index contributed by atoms with van der Waals surface area (Å²) in [5.74, 6) is 4.40. The van der Waals surface area contributed by atoms with E-state index in [2.05, 4.69) is 24.3 Å². The second-order valence-electron chi connectivity index (χ2n) is 5.72. The SMILES string of the molecule is OCCCCCC1C=CC2C3C=CC(C3)C12. The number of aliphatic hydroxyl groups is 1. The fourth-order valence-electron chi connectivity index (χ4n) is 4.13. The molecule has 3 rings (SSSR count). The first-order chi connectivity index (χ1) is 7.90. The molecule has 1 saturated carbocycles. The molecule has 3 aliphatic carbocycles. The zero-order valence-corrected chi connectivity index (χ0v) is 9.89. The fourth-order valence-corrected chi connectivity index (χ4v) is 4.13. The van der Waals surface area contributed by atoms with Gasteiger partial charge in [-0.15, -0.1) is 0 Å². The van der Waals surface area contributed by atoms with Crippen LogP contribution in [0, 0.1) is 29.6 Å². The number of unbranched alkanes of at least 4 members (excludes halogenated alkanes) is 2. The topological polar surface area (TPSA) is 20.2 Å². The van der Waals surface area contributed by atoms with E-state index in [1.54, 1.807) is 0 Å². The summed E-state index contributed by atoms with van der Waals surface area (Å²) >= 11 is 0. The van der Waals surface area contributed by atoms with Crippen molar-refractivity contribution in [3.63, 3.8) is 0 Å². The molecule has 1 nitrogen and oxygen atoms in total. The fraction of sp³-hybridized carbons (Fsp3) is 0.733. The molecule has 88 valence electrons. The van der Waals surface area contributed by atoms with Crippen molar-refractivity contribution in [2.24, 2.45) is 29.6 Å². The summed E-state index contributed by atoms with van der Waals surface area (Å²) in [5, 5.41) is 8.77. The van der Waals surface area contributed by atoms with E-state index in [1.807, 2.05) is 0 Å². The highest BCUT2D eigenvalue weighted by Crippen LogP contribution is 2.55. The lowest BCUT2D eigenvalue weighted by Gasteiger charge is -2.26. The molecule has 0 spiro atoms.